The van der Waals surface area contributed by atoms with E-state index in [1.807, 2.05) is 12.3 Å². The van der Waals surface area contributed by atoms with Crippen LogP contribution in [-0.4, -0.2) is 47.5 Å². The number of hydrogen-bond donors (Lipinski definition) is 0. The van der Waals surface area contributed by atoms with Crippen LogP contribution in [0, 0.1) is 28.6 Å². The van der Waals surface area contributed by atoms with Crippen molar-refractivity contribution in [3.8, 4) is 12.1 Å². The lowest BCUT2D eigenvalue weighted by Crippen LogP contribution is -2.48. The highest BCUT2D eigenvalue weighted by atomic mass is 15.3. The Morgan fingerprint density at radius 3 is 2.64 bits per heavy atom. The molecule has 5 heteroatoms. The predicted molar refractivity (Wildman–Crippen MR) is 84.6 cm³/mol. The van der Waals surface area contributed by atoms with E-state index in [1.165, 1.54) is 5.56 Å². The van der Waals surface area contributed by atoms with Crippen molar-refractivity contribution in [3.63, 3.8) is 0 Å². The average molecular weight is 297 g/mol. The van der Waals surface area contributed by atoms with Crippen LogP contribution in [0.25, 0.3) is 0 Å². The fraction of sp³-hybridized carbons (Fsp3) is 0.588. The fourth-order valence-corrected chi connectivity index (χ4v) is 2.91. The Morgan fingerprint density at radius 2 is 2.05 bits per heavy atom. The smallest absolute Gasteiger partial charge is 0.0669 e. The first-order chi connectivity index (χ1) is 10.7. The second-order valence-corrected chi connectivity index (χ2v) is 5.82. The van der Waals surface area contributed by atoms with Crippen molar-refractivity contribution in [2.24, 2.45) is 5.92 Å². The van der Waals surface area contributed by atoms with Gasteiger partial charge in [-0.2, -0.15) is 10.5 Å². The number of hydrogen-bond acceptors (Lipinski definition) is 5. The molecule has 0 saturated carbocycles. The van der Waals surface area contributed by atoms with E-state index in [4.69, 9.17) is 10.5 Å². The summed E-state index contributed by atoms with van der Waals surface area (Å²) in [6.45, 7) is 6.98. The Hall–Kier alpha value is -1.95. The lowest BCUT2D eigenvalue weighted by atomic mass is 10.0. The van der Waals surface area contributed by atoms with E-state index < -0.39 is 0 Å². The number of nitrogens with zero attached hydrogens (tertiary/aromatic N) is 5. The maximum Gasteiger partial charge on any atom is 0.0669 e. The molecule has 0 N–H and O–H groups in total. The Morgan fingerprint density at radius 1 is 1.27 bits per heavy atom. The first kappa shape index (κ1) is 16.4. The molecule has 0 aromatic carbocycles. The Bertz CT molecular complexity index is 522. The summed E-state index contributed by atoms with van der Waals surface area (Å²) in [6, 6.07) is 8.94. The van der Waals surface area contributed by atoms with Crippen molar-refractivity contribution in [2.75, 3.05) is 32.7 Å². The van der Waals surface area contributed by atoms with E-state index in [9.17, 15) is 0 Å². The van der Waals surface area contributed by atoms with Crippen LogP contribution in [0.15, 0.2) is 24.5 Å². The van der Waals surface area contributed by atoms with Gasteiger partial charge in [0.15, 0.2) is 0 Å². The highest BCUT2D eigenvalue weighted by molar-refractivity contribution is 5.13. The molecule has 22 heavy (non-hydrogen) atoms. The summed E-state index contributed by atoms with van der Waals surface area (Å²) in [5, 5.41) is 17.8. The zero-order valence-corrected chi connectivity index (χ0v) is 13.1. The van der Waals surface area contributed by atoms with Gasteiger partial charge in [0, 0.05) is 57.6 Å². The number of aromatic nitrogens is 1. The summed E-state index contributed by atoms with van der Waals surface area (Å²) in [4.78, 5) is 9.00. The lowest BCUT2D eigenvalue weighted by molar-refractivity contribution is 0.0954. The topological polar surface area (TPSA) is 67.0 Å². The van der Waals surface area contributed by atoms with Gasteiger partial charge < -0.3 is 0 Å². The predicted octanol–water partition coefficient (Wildman–Crippen LogP) is 2.20. The van der Waals surface area contributed by atoms with Crippen molar-refractivity contribution in [2.45, 2.75) is 25.8 Å². The summed E-state index contributed by atoms with van der Waals surface area (Å²) < 4.78 is 0. The van der Waals surface area contributed by atoms with Gasteiger partial charge in [0.25, 0.3) is 0 Å². The molecule has 0 aliphatic carbocycles. The minimum Gasteiger partial charge on any atom is -0.299 e. The van der Waals surface area contributed by atoms with Crippen LogP contribution < -0.4 is 0 Å². The van der Waals surface area contributed by atoms with Crippen molar-refractivity contribution in [3.05, 3.63) is 30.1 Å². The van der Waals surface area contributed by atoms with E-state index in [-0.39, 0.29) is 5.92 Å². The molecule has 1 aliphatic rings. The Kier molecular flexibility index (Phi) is 6.33. The van der Waals surface area contributed by atoms with Crippen LogP contribution in [0.4, 0.5) is 0 Å². The molecule has 1 aromatic heterocycles. The largest absolute Gasteiger partial charge is 0.299 e. The zero-order chi connectivity index (χ0) is 15.8. The second kappa shape index (κ2) is 8.48. The molecule has 1 aromatic rings. The van der Waals surface area contributed by atoms with Crippen LogP contribution >= 0.6 is 0 Å². The van der Waals surface area contributed by atoms with Gasteiger partial charge in [-0.3, -0.25) is 14.8 Å². The normalized spacial score (nSPS) is 19.0. The molecule has 1 saturated heterocycles. The van der Waals surface area contributed by atoms with E-state index in [0.29, 0.717) is 18.9 Å². The third kappa shape index (κ3) is 4.53. The standard InChI is InChI=1S/C17H23N5/c1-15(17-5-3-7-20-13-17)22-10-8-21(9-11-22)14-16(12-19)4-2-6-18/h3,5,7,13,15-16H,2,4,8-11,14H2,1H3/t15-,16+/m1/s1. The molecule has 0 bridgehead atoms. The van der Waals surface area contributed by atoms with Crippen molar-refractivity contribution >= 4 is 0 Å². The van der Waals surface area contributed by atoms with Gasteiger partial charge >= 0.3 is 0 Å². The maximum absolute atomic E-state index is 9.17. The minimum absolute atomic E-state index is 0.0260. The van der Waals surface area contributed by atoms with Crippen LogP contribution in [0.5, 0.6) is 0 Å². The molecule has 2 atom stereocenters. The van der Waals surface area contributed by atoms with Gasteiger partial charge in [-0.05, 0) is 25.0 Å². The highest BCUT2D eigenvalue weighted by Gasteiger charge is 2.23. The number of pyridine rings is 1. The quantitative estimate of drug-likeness (QED) is 0.805. The molecule has 0 unspecified atom stereocenters. The summed E-state index contributed by atoms with van der Waals surface area (Å²) in [5.41, 5.74) is 1.25. The fourth-order valence-electron chi connectivity index (χ4n) is 2.91. The average Bonchev–Trinajstić information content (AvgIpc) is 2.59. The summed E-state index contributed by atoms with van der Waals surface area (Å²) in [7, 11) is 0. The highest BCUT2D eigenvalue weighted by Crippen LogP contribution is 2.21. The van der Waals surface area contributed by atoms with Crippen molar-refractivity contribution < 1.29 is 0 Å². The molecule has 1 fully saturated rings. The summed E-state index contributed by atoms with van der Waals surface area (Å²) in [5.74, 6) is -0.0260. The van der Waals surface area contributed by atoms with Crippen molar-refractivity contribution in [1.82, 2.24) is 14.8 Å². The Labute approximate surface area is 132 Å². The second-order valence-electron chi connectivity index (χ2n) is 5.82. The van der Waals surface area contributed by atoms with Crippen LogP contribution in [0.1, 0.15) is 31.4 Å². The molecule has 116 valence electrons. The number of rotatable bonds is 6. The monoisotopic (exact) mass is 297 g/mol. The summed E-state index contributed by atoms with van der Waals surface area (Å²) >= 11 is 0. The third-order valence-electron chi connectivity index (χ3n) is 4.39. The van der Waals surface area contributed by atoms with Crippen LogP contribution in [-0.2, 0) is 0 Å². The van der Waals surface area contributed by atoms with Crippen molar-refractivity contribution in [1.29, 1.82) is 10.5 Å². The van der Waals surface area contributed by atoms with E-state index in [1.54, 1.807) is 6.20 Å². The molecule has 2 heterocycles. The summed E-state index contributed by atoms with van der Waals surface area (Å²) in [6.07, 6.45) is 4.89. The number of piperazine rings is 1. The first-order valence-electron chi connectivity index (χ1n) is 7.87. The lowest BCUT2D eigenvalue weighted by Gasteiger charge is -2.38. The van der Waals surface area contributed by atoms with Gasteiger partial charge in [0.2, 0.25) is 0 Å². The Balaban J connectivity index is 1.80. The minimum atomic E-state index is -0.0260. The first-order valence-corrected chi connectivity index (χ1v) is 7.87. The van der Waals surface area contributed by atoms with E-state index >= 15 is 0 Å². The van der Waals surface area contributed by atoms with E-state index in [0.717, 1.165) is 32.7 Å². The van der Waals surface area contributed by atoms with Gasteiger partial charge in [-0.1, -0.05) is 6.07 Å². The van der Waals surface area contributed by atoms with Gasteiger partial charge in [-0.15, -0.1) is 0 Å². The zero-order valence-electron chi connectivity index (χ0n) is 13.1. The van der Waals surface area contributed by atoms with Crippen LogP contribution in [0.3, 0.4) is 0 Å². The molecule has 2 rings (SSSR count). The van der Waals surface area contributed by atoms with E-state index in [2.05, 4.69) is 39.9 Å². The SMILES string of the molecule is C[C@H](c1cccnc1)N1CCN(C[C@H](C#N)CCC#N)CC1. The molecule has 0 amide bonds. The molecular formula is C17H23N5. The van der Waals surface area contributed by atoms with Gasteiger partial charge in [-0.25, -0.2) is 0 Å². The molecule has 1 aliphatic heterocycles. The van der Waals surface area contributed by atoms with Gasteiger partial charge in [0.05, 0.1) is 18.1 Å². The molecule has 0 spiro atoms. The third-order valence-corrected chi connectivity index (χ3v) is 4.39. The maximum atomic E-state index is 9.17. The molecule has 0 radical (unpaired) electrons. The van der Waals surface area contributed by atoms with Crippen LogP contribution in [0.2, 0.25) is 0 Å². The molecule has 5 nitrogen and oxygen atoms in total. The number of nitriles is 2. The van der Waals surface area contributed by atoms with Gasteiger partial charge in [0.1, 0.15) is 0 Å². The molecular weight excluding hydrogens is 274 g/mol.